The van der Waals surface area contributed by atoms with Gasteiger partial charge in [0.2, 0.25) is 0 Å². The number of carbonyl (C=O) groups is 1. The summed E-state index contributed by atoms with van der Waals surface area (Å²) in [5.74, 6) is 0.143. The number of Topliss-reactive ketones (excluding diaryl/α,β-unsaturated/α-hetero) is 1. The van der Waals surface area contributed by atoms with Gasteiger partial charge in [-0.2, -0.15) is 0 Å². The topological polar surface area (TPSA) is 43.4 Å². The van der Waals surface area contributed by atoms with Crippen molar-refractivity contribution in [3.63, 3.8) is 0 Å². The van der Waals surface area contributed by atoms with Crippen molar-refractivity contribution in [3.8, 4) is 5.75 Å². The maximum Gasteiger partial charge on any atom is 0.175 e. The van der Waals surface area contributed by atoms with Gasteiger partial charge >= 0.3 is 0 Å². The predicted octanol–water partition coefficient (Wildman–Crippen LogP) is 3.99. The molecule has 2 aromatic carbocycles. The van der Waals surface area contributed by atoms with Crippen LogP contribution in [-0.4, -0.2) is 22.9 Å². The largest absolute Gasteiger partial charge is 0.495 e. The number of hydrogen-bond donors (Lipinski definition) is 0. The van der Waals surface area contributed by atoms with Crippen LogP contribution in [0.15, 0.2) is 47.4 Å². The van der Waals surface area contributed by atoms with E-state index >= 15 is 0 Å². The second kappa shape index (κ2) is 7.07. The Hall–Kier alpha value is -1.36. The lowest BCUT2D eigenvalue weighted by atomic mass is 10.1. The summed E-state index contributed by atoms with van der Waals surface area (Å²) in [4.78, 5) is 12.7. The molecule has 21 heavy (non-hydrogen) atoms. The second-order valence-corrected chi connectivity index (χ2v) is 6.51. The summed E-state index contributed by atoms with van der Waals surface area (Å²) >= 11 is 11.7. The molecule has 0 aliphatic heterocycles. The van der Waals surface area contributed by atoms with Gasteiger partial charge in [0, 0.05) is 15.5 Å². The standard InChI is InChI=1S/C15H12Cl2O3S/c1-20-15-7-2-10(8-13(15)17)14(18)9-21(19)12-5-3-11(16)4-6-12/h2-8H,9H2,1H3. The molecular weight excluding hydrogens is 331 g/mol. The lowest BCUT2D eigenvalue weighted by molar-refractivity contribution is 0.102. The smallest absolute Gasteiger partial charge is 0.175 e. The van der Waals surface area contributed by atoms with Crippen molar-refractivity contribution < 1.29 is 13.7 Å². The number of halogens is 2. The first kappa shape index (κ1) is 16.0. The van der Waals surface area contributed by atoms with Crippen molar-refractivity contribution in [2.75, 3.05) is 12.9 Å². The van der Waals surface area contributed by atoms with E-state index in [-0.39, 0.29) is 11.5 Å². The molecule has 1 atom stereocenters. The van der Waals surface area contributed by atoms with E-state index in [4.69, 9.17) is 27.9 Å². The molecule has 0 radical (unpaired) electrons. The molecule has 0 spiro atoms. The van der Waals surface area contributed by atoms with Gasteiger partial charge in [0.25, 0.3) is 0 Å². The number of hydrogen-bond acceptors (Lipinski definition) is 3. The van der Waals surface area contributed by atoms with Crippen molar-refractivity contribution in [1.29, 1.82) is 0 Å². The van der Waals surface area contributed by atoms with Crippen LogP contribution in [0.25, 0.3) is 0 Å². The van der Waals surface area contributed by atoms with Crippen molar-refractivity contribution in [1.82, 2.24) is 0 Å². The SMILES string of the molecule is COc1ccc(C(=O)CS(=O)c2ccc(Cl)cc2)cc1Cl. The van der Waals surface area contributed by atoms with E-state index < -0.39 is 10.8 Å². The number of ketones is 1. The Labute approximate surface area is 135 Å². The van der Waals surface area contributed by atoms with E-state index in [0.29, 0.717) is 26.3 Å². The third-order valence-electron chi connectivity index (χ3n) is 2.81. The Bertz CT molecular complexity index is 684. The summed E-state index contributed by atoms with van der Waals surface area (Å²) < 4.78 is 17.2. The quantitative estimate of drug-likeness (QED) is 0.771. The third-order valence-corrected chi connectivity index (χ3v) is 4.68. The Kier molecular flexibility index (Phi) is 5.39. The maximum atomic E-state index is 12.1. The third kappa shape index (κ3) is 4.06. The molecule has 0 N–H and O–H groups in total. The van der Waals surface area contributed by atoms with Crippen LogP contribution in [0.1, 0.15) is 10.4 Å². The molecule has 2 aromatic rings. The molecule has 0 fully saturated rings. The van der Waals surface area contributed by atoms with E-state index in [9.17, 15) is 9.00 Å². The van der Waals surface area contributed by atoms with E-state index in [1.165, 1.54) is 13.2 Å². The monoisotopic (exact) mass is 342 g/mol. The van der Waals surface area contributed by atoms with Crippen LogP contribution in [-0.2, 0) is 10.8 Å². The molecule has 110 valence electrons. The fourth-order valence-corrected chi connectivity index (χ4v) is 3.11. The van der Waals surface area contributed by atoms with Gasteiger partial charge < -0.3 is 4.74 Å². The van der Waals surface area contributed by atoms with Crippen LogP contribution >= 0.6 is 23.2 Å². The number of carbonyl (C=O) groups excluding carboxylic acids is 1. The summed E-state index contributed by atoms with van der Waals surface area (Å²) in [5.41, 5.74) is 0.406. The first-order valence-electron chi connectivity index (χ1n) is 6.02. The highest BCUT2D eigenvalue weighted by Gasteiger charge is 2.14. The van der Waals surface area contributed by atoms with E-state index in [1.807, 2.05) is 0 Å². The van der Waals surface area contributed by atoms with Crippen LogP contribution in [0.2, 0.25) is 10.0 Å². The molecule has 0 aromatic heterocycles. The minimum atomic E-state index is -1.42. The van der Waals surface area contributed by atoms with Gasteiger partial charge in [-0.1, -0.05) is 23.2 Å². The zero-order valence-corrected chi connectivity index (χ0v) is 13.5. The molecular formula is C15H12Cl2O3S. The minimum Gasteiger partial charge on any atom is -0.495 e. The molecule has 0 heterocycles. The van der Waals surface area contributed by atoms with Gasteiger partial charge in [-0.15, -0.1) is 0 Å². The van der Waals surface area contributed by atoms with Crippen LogP contribution in [0.3, 0.4) is 0 Å². The molecule has 0 saturated carbocycles. The highest BCUT2D eigenvalue weighted by atomic mass is 35.5. The zero-order chi connectivity index (χ0) is 15.4. The average molecular weight is 343 g/mol. The molecule has 0 aliphatic rings. The molecule has 2 rings (SSSR count). The van der Waals surface area contributed by atoms with Crippen LogP contribution in [0, 0.1) is 0 Å². The van der Waals surface area contributed by atoms with Gasteiger partial charge in [-0.3, -0.25) is 9.00 Å². The fraction of sp³-hybridized carbons (Fsp3) is 0.133. The second-order valence-electron chi connectivity index (χ2n) is 4.22. The van der Waals surface area contributed by atoms with Crippen LogP contribution in [0.4, 0.5) is 0 Å². The summed E-state index contributed by atoms with van der Waals surface area (Å²) in [6, 6.07) is 11.3. The fourth-order valence-electron chi connectivity index (χ4n) is 1.71. The van der Waals surface area contributed by atoms with Gasteiger partial charge in [0.05, 0.1) is 28.7 Å². The highest BCUT2D eigenvalue weighted by Crippen LogP contribution is 2.25. The van der Waals surface area contributed by atoms with Crippen molar-refractivity contribution in [3.05, 3.63) is 58.1 Å². The molecule has 6 heteroatoms. The van der Waals surface area contributed by atoms with Crippen molar-refractivity contribution >= 4 is 39.8 Å². The van der Waals surface area contributed by atoms with Crippen LogP contribution in [0.5, 0.6) is 5.75 Å². The van der Waals surface area contributed by atoms with E-state index in [0.717, 1.165) is 0 Å². The van der Waals surface area contributed by atoms with E-state index in [2.05, 4.69) is 0 Å². The molecule has 0 amide bonds. The first-order valence-corrected chi connectivity index (χ1v) is 8.09. The van der Waals surface area contributed by atoms with Crippen LogP contribution < -0.4 is 4.74 Å². The van der Waals surface area contributed by atoms with Crippen molar-refractivity contribution in [2.45, 2.75) is 4.90 Å². The van der Waals surface area contributed by atoms with Gasteiger partial charge in [0.15, 0.2) is 5.78 Å². The minimum absolute atomic E-state index is 0.107. The molecule has 1 unspecified atom stereocenters. The first-order chi connectivity index (χ1) is 10.0. The normalized spacial score (nSPS) is 12.0. The Balaban J connectivity index is 2.12. The van der Waals surface area contributed by atoms with Gasteiger partial charge in [0.1, 0.15) is 5.75 Å². The molecule has 0 saturated heterocycles. The number of methoxy groups -OCH3 is 1. The number of ether oxygens (including phenoxy) is 1. The number of rotatable bonds is 5. The Morgan fingerprint density at radius 3 is 2.38 bits per heavy atom. The summed E-state index contributed by atoms with van der Waals surface area (Å²) in [5, 5.41) is 0.907. The predicted molar refractivity (Wildman–Crippen MR) is 85.1 cm³/mol. The summed E-state index contributed by atoms with van der Waals surface area (Å²) in [6.45, 7) is 0. The lowest BCUT2D eigenvalue weighted by Crippen LogP contribution is -2.11. The summed E-state index contributed by atoms with van der Waals surface area (Å²) in [6.07, 6.45) is 0. The highest BCUT2D eigenvalue weighted by molar-refractivity contribution is 7.85. The lowest BCUT2D eigenvalue weighted by Gasteiger charge is -2.06. The Morgan fingerprint density at radius 1 is 1.14 bits per heavy atom. The van der Waals surface area contributed by atoms with Crippen molar-refractivity contribution in [2.24, 2.45) is 0 Å². The van der Waals surface area contributed by atoms with E-state index in [1.54, 1.807) is 36.4 Å². The summed E-state index contributed by atoms with van der Waals surface area (Å²) in [7, 11) is 0.0798. The molecule has 0 aliphatic carbocycles. The number of benzene rings is 2. The average Bonchev–Trinajstić information content (AvgIpc) is 2.47. The molecule has 0 bridgehead atoms. The molecule has 3 nitrogen and oxygen atoms in total. The maximum absolute atomic E-state index is 12.1. The van der Waals surface area contributed by atoms with Gasteiger partial charge in [-0.05, 0) is 42.5 Å². The van der Waals surface area contributed by atoms with Gasteiger partial charge in [-0.25, -0.2) is 0 Å². The zero-order valence-electron chi connectivity index (χ0n) is 11.1. The Morgan fingerprint density at radius 2 is 1.81 bits per heavy atom.